The molecule has 2 amide bonds. The van der Waals surface area contributed by atoms with E-state index in [-0.39, 0.29) is 11.1 Å². The molecule has 0 N–H and O–H groups in total. The second-order valence-electron chi connectivity index (χ2n) is 5.10. The van der Waals surface area contributed by atoms with Gasteiger partial charge in [-0.15, -0.1) is 0 Å². The highest BCUT2D eigenvalue weighted by Crippen LogP contribution is 2.37. The standard InChI is InChI=1S/C18H14ClNO4S/c1-23-14-8-3-11(15(10-14)24-2)9-16-17(21)20(18(22)25-16)13-6-4-12(19)5-7-13/h3-10H,1-2H3/b16-9-. The molecule has 25 heavy (non-hydrogen) atoms. The van der Waals surface area contributed by atoms with Crippen LogP contribution in [0.2, 0.25) is 5.02 Å². The van der Waals surface area contributed by atoms with Crippen molar-refractivity contribution in [1.82, 2.24) is 0 Å². The number of carbonyl (C=O) groups is 2. The van der Waals surface area contributed by atoms with Gasteiger partial charge in [0, 0.05) is 16.7 Å². The number of rotatable bonds is 4. The normalized spacial score (nSPS) is 15.8. The van der Waals surface area contributed by atoms with Gasteiger partial charge in [-0.25, -0.2) is 4.90 Å². The Labute approximate surface area is 154 Å². The molecule has 0 aromatic heterocycles. The minimum Gasteiger partial charge on any atom is -0.497 e. The molecule has 0 radical (unpaired) electrons. The third-order valence-electron chi connectivity index (χ3n) is 3.61. The SMILES string of the molecule is COc1ccc(/C=C2\SC(=O)N(c3ccc(Cl)cc3)C2=O)c(OC)c1. The first-order valence-electron chi connectivity index (χ1n) is 7.29. The van der Waals surface area contributed by atoms with E-state index in [0.717, 1.165) is 16.7 Å². The van der Waals surface area contributed by atoms with Crippen LogP contribution in [0.4, 0.5) is 10.5 Å². The maximum Gasteiger partial charge on any atom is 0.298 e. The van der Waals surface area contributed by atoms with Gasteiger partial charge in [-0.1, -0.05) is 11.6 Å². The summed E-state index contributed by atoms with van der Waals surface area (Å²) in [6.07, 6.45) is 1.64. The van der Waals surface area contributed by atoms with Gasteiger partial charge in [-0.05, 0) is 54.2 Å². The fourth-order valence-corrected chi connectivity index (χ4v) is 3.32. The lowest BCUT2D eigenvalue weighted by atomic mass is 10.1. The molecule has 2 aromatic carbocycles. The average Bonchev–Trinajstić information content (AvgIpc) is 2.90. The first-order valence-corrected chi connectivity index (χ1v) is 8.48. The summed E-state index contributed by atoms with van der Waals surface area (Å²) in [5.41, 5.74) is 1.17. The van der Waals surface area contributed by atoms with Gasteiger partial charge in [0.25, 0.3) is 11.1 Å². The highest BCUT2D eigenvalue weighted by Gasteiger charge is 2.36. The topological polar surface area (TPSA) is 55.8 Å². The number of anilines is 1. The molecule has 1 heterocycles. The van der Waals surface area contributed by atoms with Gasteiger partial charge in [0.1, 0.15) is 11.5 Å². The van der Waals surface area contributed by atoms with Gasteiger partial charge in [0.2, 0.25) is 0 Å². The Morgan fingerprint density at radius 3 is 2.40 bits per heavy atom. The van der Waals surface area contributed by atoms with Crippen molar-refractivity contribution < 1.29 is 19.1 Å². The number of amides is 2. The van der Waals surface area contributed by atoms with E-state index in [0.29, 0.717) is 32.7 Å². The summed E-state index contributed by atoms with van der Waals surface area (Å²) >= 11 is 6.74. The van der Waals surface area contributed by atoms with Gasteiger partial charge in [-0.3, -0.25) is 9.59 Å². The summed E-state index contributed by atoms with van der Waals surface area (Å²) < 4.78 is 10.5. The largest absolute Gasteiger partial charge is 0.497 e. The molecule has 1 fully saturated rings. The zero-order valence-electron chi connectivity index (χ0n) is 13.5. The molecule has 0 unspecified atom stereocenters. The molecule has 2 aromatic rings. The number of ether oxygens (including phenoxy) is 2. The van der Waals surface area contributed by atoms with Gasteiger partial charge in [0.15, 0.2) is 0 Å². The molecule has 0 saturated carbocycles. The van der Waals surface area contributed by atoms with Crippen molar-refractivity contribution in [1.29, 1.82) is 0 Å². The van der Waals surface area contributed by atoms with Crippen molar-refractivity contribution in [2.24, 2.45) is 0 Å². The summed E-state index contributed by atoms with van der Waals surface area (Å²) in [4.78, 5) is 26.4. The fraction of sp³-hybridized carbons (Fsp3) is 0.111. The van der Waals surface area contributed by atoms with E-state index in [4.69, 9.17) is 21.1 Å². The van der Waals surface area contributed by atoms with Gasteiger partial charge >= 0.3 is 0 Å². The fourth-order valence-electron chi connectivity index (χ4n) is 2.36. The highest BCUT2D eigenvalue weighted by molar-refractivity contribution is 8.19. The van der Waals surface area contributed by atoms with E-state index in [1.54, 1.807) is 55.7 Å². The number of carbonyl (C=O) groups excluding carboxylic acids is 2. The quantitative estimate of drug-likeness (QED) is 0.731. The second-order valence-corrected chi connectivity index (χ2v) is 6.53. The van der Waals surface area contributed by atoms with Crippen molar-refractivity contribution in [3.05, 3.63) is 58.0 Å². The molecule has 7 heteroatoms. The van der Waals surface area contributed by atoms with Crippen molar-refractivity contribution in [2.75, 3.05) is 19.1 Å². The Hall–Kier alpha value is -2.44. The van der Waals surface area contributed by atoms with Crippen LogP contribution in [0.15, 0.2) is 47.4 Å². The number of halogens is 1. The Balaban J connectivity index is 1.94. The minimum absolute atomic E-state index is 0.323. The van der Waals surface area contributed by atoms with E-state index >= 15 is 0 Å². The van der Waals surface area contributed by atoms with E-state index in [9.17, 15) is 9.59 Å². The van der Waals surface area contributed by atoms with Gasteiger partial charge in [-0.2, -0.15) is 0 Å². The summed E-state index contributed by atoms with van der Waals surface area (Å²) in [7, 11) is 3.09. The van der Waals surface area contributed by atoms with E-state index in [1.165, 1.54) is 7.11 Å². The van der Waals surface area contributed by atoms with Crippen LogP contribution in [0.3, 0.4) is 0 Å². The zero-order chi connectivity index (χ0) is 18.0. The van der Waals surface area contributed by atoms with Crippen LogP contribution in [-0.4, -0.2) is 25.4 Å². The van der Waals surface area contributed by atoms with Crippen LogP contribution in [0.25, 0.3) is 6.08 Å². The third-order valence-corrected chi connectivity index (χ3v) is 4.73. The Morgan fingerprint density at radius 1 is 1.04 bits per heavy atom. The second kappa shape index (κ2) is 7.21. The van der Waals surface area contributed by atoms with Crippen molar-refractivity contribution in [2.45, 2.75) is 0 Å². The predicted octanol–water partition coefficient (Wildman–Crippen LogP) is 4.60. The summed E-state index contributed by atoms with van der Waals surface area (Å²) in [5.74, 6) is 0.816. The van der Waals surface area contributed by atoms with Gasteiger partial charge < -0.3 is 9.47 Å². The molecule has 1 saturated heterocycles. The monoisotopic (exact) mass is 375 g/mol. The van der Waals surface area contributed by atoms with Crippen LogP contribution >= 0.6 is 23.4 Å². The molecule has 128 valence electrons. The smallest absolute Gasteiger partial charge is 0.298 e. The molecule has 0 spiro atoms. The van der Waals surface area contributed by atoms with Crippen LogP contribution in [-0.2, 0) is 4.79 Å². The first kappa shape index (κ1) is 17.4. The molecular formula is C18H14ClNO4S. The van der Waals surface area contributed by atoms with E-state index in [2.05, 4.69) is 0 Å². The molecule has 0 aliphatic carbocycles. The molecule has 3 rings (SSSR count). The Morgan fingerprint density at radius 2 is 1.76 bits per heavy atom. The van der Waals surface area contributed by atoms with Crippen LogP contribution in [0, 0.1) is 0 Å². The minimum atomic E-state index is -0.379. The number of thioether (sulfide) groups is 1. The molecule has 1 aliphatic rings. The number of nitrogens with zero attached hydrogens (tertiary/aromatic N) is 1. The molecule has 5 nitrogen and oxygen atoms in total. The summed E-state index contributed by atoms with van der Waals surface area (Å²) in [5, 5.41) is 0.181. The van der Waals surface area contributed by atoms with Crippen LogP contribution in [0.5, 0.6) is 11.5 Å². The number of methoxy groups -OCH3 is 2. The zero-order valence-corrected chi connectivity index (χ0v) is 15.1. The van der Waals surface area contributed by atoms with Crippen molar-refractivity contribution in [3.63, 3.8) is 0 Å². The molecule has 0 bridgehead atoms. The lowest BCUT2D eigenvalue weighted by Crippen LogP contribution is -2.27. The molecule has 0 atom stereocenters. The number of hydrogen-bond acceptors (Lipinski definition) is 5. The number of imide groups is 1. The van der Waals surface area contributed by atoms with E-state index in [1.807, 2.05) is 0 Å². The first-order chi connectivity index (χ1) is 12.0. The molecular weight excluding hydrogens is 362 g/mol. The maximum absolute atomic E-state index is 12.6. The lowest BCUT2D eigenvalue weighted by Gasteiger charge is -2.12. The van der Waals surface area contributed by atoms with E-state index < -0.39 is 0 Å². The summed E-state index contributed by atoms with van der Waals surface area (Å²) in [6, 6.07) is 11.8. The summed E-state index contributed by atoms with van der Waals surface area (Å²) in [6.45, 7) is 0. The third kappa shape index (κ3) is 3.50. The Kier molecular flexibility index (Phi) is 5.01. The highest BCUT2D eigenvalue weighted by atomic mass is 35.5. The van der Waals surface area contributed by atoms with Crippen LogP contribution in [0.1, 0.15) is 5.56 Å². The Bertz CT molecular complexity index is 864. The average molecular weight is 376 g/mol. The van der Waals surface area contributed by atoms with Crippen LogP contribution < -0.4 is 14.4 Å². The molecule has 1 aliphatic heterocycles. The van der Waals surface area contributed by atoms with Crippen molar-refractivity contribution >= 4 is 46.3 Å². The van der Waals surface area contributed by atoms with Crippen molar-refractivity contribution in [3.8, 4) is 11.5 Å². The van der Waals surface area contributed by atoms with Gasteiger partial charge in [0.05, 0.1) is 24.8 Å². The maximum atomic E-state index is 12.6. The lowest BCUT2D eigenvalue weighted by molar-refractivity contribution is -0.113. The predicted molar refractivity (Wildman–Crippen MR) is 99.4 cm³/mol. The number of benzene rings is 2. The number of hydrogen-bond donors (Lipinski definition) is 0.